The second kappa shape index (κ2) is 11.6. The zero-order valence-corrected chi connectivity index (χ0v) is 25.3. The normalized spacial score (nSPS) is 14.8. The molecule has 0 fully saturated rings. The van der Waals surface area contributed by atoms with Gasteiger partial charge in [0.1, 0.15) is 28.3 Å². The molecule has 0 radical (unpaired) electrons. The maximum absolute atomic E-state index is 14.1. The van der Waals surface area contributed by atoms with E-state index in [-0.39, 0.29) is 28.4 Å². The van der Waals surface area contributed by atoms with Crippen molar-refractivity contribution in [2.45, 2.75) is 19.9 Å². The molecule has 0 amide bonds. The van der Waals surface area contributed by atoms with Gasteiger partial charge < -0.3 is 13.9 Å². The largest absolute Gasteiger partial charge is 0.496 e. The summed E-state index contributed by atoms with van der Waals surface area (Å²) in [6.07, 6.45) is 1.58. The third-order valence-corrected chi connectivity index (χ3v) is 8.57. The van der Waals surface area contributed by atoms with Crippen LogP contribution in [0.2, 0.25) is 5.02 Å². The number of esters is 1. The quantitative estimate of drug-likeness (QED) is 0.127. The van der Waals surface area contributed by atoms with Crippen molar-refractivity contribution < 1.29 is 23.6 Å². The Morgan fingerprint density at radius 1 is 1.18 bits per heavy atom. The third kappa shape index (κ3) is 4.99. The molecule has 6 rings (SSSR count). The molecule has 0 saturated carbocycles. The van der Waals surface area contributed by atoms with Gasteiger partial charge in [-0.1, -0.05) is 53.3 Å². The molecule has 0 spiro atoms. The molecule has 0 unspecified atom stereocenters. The van der Waals surface area contributed by atoms with Gasteiger partial charge in [-0.25, -0.2) is 9.79 Å². The molecule has 0 aliphatic carbocycles. The van der Waals surface area contributed by atoms with Crippen LogP contribution in [0.3, 0.4) is 0 Å². The fourth-order valence-electron chi connectivity index (χ4n) is 5.32. The number of carbonyl (C=O) groups is 1. The Hall–Kier alpha value is -5.00. The summed E-state index contributed by atoms with van der Waals surface area (Å²) in [6.45, 7) is 3.59. The van der Waals surface area contributed by atoms with Gasteiger partial charge in [-0.15, -0.1) is 0 Å². The number of nitro groups is 1. The van der Waals surface area contributed by atoms with Crippen molar-refractivity contribution in [3.05, 3.63) is 124 Å². The van der Waals surface area contributed by atoms with E-state index in [1.54, 1.807) is 45.2 Å². The van der Waals surface area contributed by atoms with Crippen LogP contribution in [0.1, 0.15) is 31.2 Å². The van der Waals surface area contributed by atoms with E-state index in [2.05, 4.69) is 4.99 Å². The number of thiazole rings is 1. The molecule has 5 aromatic rings. The van der Waals surface area contributed by atoms with Gasteiger partial charge in [-0.05, 0) is 55.0 Å². The summed E-state index contributed by atoms with van der Waals surface area (Å²) in [5, 5.41) is 13.1. The van der Waals surface area contributed by atoms with Crippen LogP contribution >= 0.6 is 22.9 Å². The van der Waals surface area contributed by atoms with Crippen LogP contribution in [0.5, 0.6) is 5.75 Å². The number of nitro benzene ring substituents is 1. The van der Waals surface area contributed by atoms with Crippen LogP contribution in [0.25, 0.3) is 28.2 Å². The first kappa shape index (κ1) is 29.1. The van der Waals surface area contributed by atoms with Crippen LogP contribution < -0.4 is 19.6 Å². The second-order valence-corrected chi connectivity index (χ2v) is 11.2. The molecular formula is C32H24ClN3O7S. The van der Waals surface area contributed by atoms with Gasteiger partial charge in [0.15, 0.2) is 4.80 Å². The van der Waals surface area contributed by atoms with Crippen molar-refractivity contribution in [2.24, 2.45) is 4.99 Å². The molecule has 2 aromatic heterocycles. The van der Waals surface area contributed by atoms with Gasteiger partial charge in [0.05, 0.1) is 34.4 Å². The molecule has 44 heavy (non-hydrogen) atoms. The van der Waals surface area contributed by atoms with Crippen molar-refractivity contribution >= 4 is 51.4 Å². The number of carbonyl (C=O) groups excluding carboxylic acids is 1. The Bertz CT molecular complexity index is 2200. The summed E-state index contributed by atoms with van der Waals surface area (Å²) in [7, 11) is 1.54. The molecule has 10 nitrogen and oxygen atoms in total. The maximum atomic E-state index is 14.1. The monoisotopic (exact) mass is 629 g/mol. The fraction of sp³-hybridized carbons (Fsp3) is 0.156. The maximum Gasteiger partial charge on any atom is 0.338 e. The van der Waals surface area contributed by atoms with Crippen LogP contribution in [0, 0.1) is 10.1 Å². The lowest BCUT2D eigenvalue weighted by Gasteiger charge is -2.27. The molecule has 0 N–H and O–H groups in total. The van der Waals surface area contributed by atoms with E-state index in [0.717, 1.165) is 22.1 Å². The first-order valence-corrected chi connectivity index (χ1v) is 14.7. The van der Waals surface area contributed by atoms with Gasteiger partial charge in [0.2, 0.25) is 0 Å². The number of rotatable bonds is 7. The van der Waals surface area contributed by atoms with Crippen molar-refractivity contribution in [3.8, 4) is 17.1 Å². The number of benzene rings is 3. The average molecular weight is 630 g/mol. The van der Waals surface area contributed by atoms with E-state index in [0.29, 0.717) is 43.4 Å². The number of halogens is 1. The van der Waals surface area contributed by atoms with Crippen LogP contribution in [0.4, 0.5) is 5.69 Å². The SMILES string of the molecule is CCOC(=O)C1=C(C)N=c2s/c(=C/c3ccc(-c4ccc(Cl)c([N+](=O)[O-])c4)o3)c(=O)n2[C@@H]1c1c(OC)ccc2ccccc12. The second-order valence-electron chi connectivity index (χ2n) is 9.83. The van der Waals surface area contributed by atoms with Crippen LogP contribution in [-0.2, 0) is 9.53 Å². The van der Waals surface area contributed by atoms with Crippen LogP contribution in [-0.4, -0.2) is 29.2 Å². The molecule has 1 aliphatic rings. The first-order chi connectivity index (χ1) is 21.2. The van der Waals surface area contributed by atoms with E-state index in [4.69, 9.17) is 25.5 Å². The number of hydrogen-bond donors (Lipinski definition) is 0. The Kier molecular flexibility index (Phi) is 7.66. The molecule has 1 atom stereocenters. The summed E-state index contributed by atoms with van der Waals surface area (Å²) >= 11 is 7.11. The van der Waals surface area contributed by atoms with E-state index in [9.17, 15) is 19.7 Å². The Morgan fingerprint density at radius 2 is 1.98 bits per heavy atom. The number of hydrogen-bond acceptors (Lipinski definition) is 9. The van der Waals surface area contributed by atoms with E-state index >= 15 is 0 Å². The molecule has 1 aliphatic heterocycles. The molecular weight excluding hydrogens is 606 g/mol. The summed E-state index contributed by atoms with van der Waals surface area (Å²) < 4.78 is 19.0. The van der Waals surface area contributed by atoms with Crippen molar-refractivity contribution in [1.29, 1.82) is 0 Å². The highest BCUT2D eigenvalue weighted by atomic mass is 35.5. The first-order valence-electron chi connectivity index (χ1n) is 13.5. The predicted molar refractivity (Wildman–Crippen MR) is 167 cm³/mol. The van der Waals surface area contributed by atoms with Crippen molar-refractivity contribution in [1.82, 2.24) is 4.57 Å². The minimum atomic E-state index is -0.879. The van der Waals surface area contributed by atoms with E-state index < -0.39 is 16.9 Å². The van der Waals surface area contributed by atoms with Crippen molar-refractivity contribution in [2.75, 3.05) is 13.7 Å². The molecule has 0 saturated heterocycles. The molecule has 12 heteroatoms. The van der Waals surface area contributed by atoms with Gasteiger partial charge in [-0.3, -0.25) is 19.5 Å². The highest BCUT2D eigenvalue weighted by Crippen LogP contribution is 2.40. The summed E-state index contributed by atoms with van der Waals surface area (Å²) in [5.41, 5.74) is 1.14. The summed E-state index contributed by atoms with van der Waals surface area (Å²) in [6, 6.07) is 18.2. The number of furan rings is 1. The Balaban J connectivity index is 1.54. The molecule has 3 heterocycles. The van der Waals surface area contributed by atoms with E-state index in [1.807, 2.05) is 36.4 Å². The minimum absolute atomic E-state index is 0.0153. The number of aromatic nitrogens is 1. The number of methoxy groups -OCH3 is 1. The highest BCUT2D eigenvalue weighted by Gasteiger charge is 2.36. The topological polar surface area (TPSA) is 126 Å². The van der Waals surface area contributed by atoms with E-state index in [1.165, 1.54) is 16.7 Å². The smallest absolute Gasteiger partial charge is 0.338 e. The lowest BCUT2D eigenvalue weighted by atomic mass is 9.90. The Labute approximate surface area is 258 Å². The lowest BCUT2D eigenvalue weighted by molar-refractivity contribution is -0.384. The average Bonchev–Trinajstić information content (AvgIpc) is 3.60. The van der Waals surface area contributed by atoms with Crippen molar-refractivity contribution in [3.63, 3.8) is 0 Å². The minimum Gasteiger partial charge on any atom is -0.496 e. The summed E-state index contributed by atoms with van der Waals surface area (Å²) in [4.78, 5) is 43.4. The molecule has 0 bridgehead atoms. The van der Waals surface area contributed by atoms with Gasteiger partial charge in [0, 0.05) is 23.3 Å². The zero-order valence-electron chi connectivity index (χ0n) is 23.7. The van der Waals surface area contributed by atoms with Gasteiger partial charge in [0.25, 0.3) is 11.2 Å². The number of ether oxygens (including phenoxy) is 2. The number of fused-ring (bicyclic) bond motifs is 2. The third-order valence-electron chi connectivity index (χ3n) is 7.27. The fourth-order valence-corrected chi connectivity index (χ4v) is 6.53. The predicted octanol–water partition coefficient (Wildman–Crippen LogP) is 5.78. The van der Waals surface area contributed by atoms with Crippen LogP contribution in [0.15, 0.2) is 92.2 Å². The number of nitrogens with zero attached hydrogens (tertiary/aromatic N) is 3. The zero-order chi connectivity index (χ0) is 31.1. The molecule has 3 aromatic carbocycles. The van der Waals surface area contributed by atoms with Gasteiger partial charge >= 0.3 is 5.97 Å². The number of allylic oxidation sites excluding steroid dienone is 1. The standard InChI is InChI=1S/C32H24ClN3O7S/c1-4-42-31(38)27-17(2)34-32-35(29(27)28-21-8-6-5-7-18(21)10-13-25(28)41-3)30(37)26(44-32)16-20-11-14-24(43-20)19-9-12-22(33)23(15-19)36(39)40/h5-16,29H,4H2,1-3H3/b26-16+/t29-/m0/s1. The Morgan fingerprint density at radius 3 is 2.73 bits per heavy atom. The van der Waals surface area contributed by atoms with Gasteiger partial charge in [-0.2, -0.15) is 0 Å². The summed E-state index contributed by atoms with van der Waals surface area (Å²) in [5.74, 6) is 0.648. The molecule has 222 valence electrons. The lowest BCUT2D eigenvalue weighted by Crippen LogP contribution is -2.40. The highest BCUT2D eigenvalue weighted by molar-refractivity contribution is 7.07.